The molecular formula is C36H30N2O6. The molecule has 1 fully saturated rings. The number of carbonyl (C=O) groups excluding carboxylic acids is 3. The van der Waals surface area contributed by atoms with E-state index < -0.39 is 23.4 Å². The third-order valence-corrected chi connectivity index (χ3v) is 9.14. The predicted octanol–water partition coefficient (Wildman–Crippen LogP) is 5.69. The van der Waals surface area contributed by atoms with Crippen LogP contribution in [0.5, 0.6) is 17.2 Å². The maximum atomic E-state index is 15.1. The van der Waals surface area contributed by atoms with Crippen LogP contribution in [-0.2, 0) is 10.2 Å². The van der Waals surface area contributed by atoms with Crippen molar-refractivity contribution in [2.45, 2.75) is 17.5 Å². The summed E-state index contributed by atoms with van der Waals surface area (Å²) in [7, 11) is 4.56. The quantitative estimate of drug-likeness (QED) is 0.278. The van der Waals surface area contributed by atoms with Gasteiger partial charge in [-0.2, -0.15) is 0 Å². The first-order valence-corrected chi connectivity index (χ1v) is 14.3. The molecule has 4 atom stereocenters. The molecule has 7 rings (SSSR count). The molecule has 1 N–H and O–H groups in total. The van der Waals surface area contributed by atoms with Crippen LogP contribution >= 0.6 is 0 Å². The van der Waals surface area contributed by atoms with Gasteiger partial charge >= 0.3 is 0 Å². The van der Waals surface area contributed by atoms with Crippen molar-refractivity contribution in [3.8, 4) is 17.2 Å². The number of rotatable bonds is 7. The summed E-state index contributed by atoms with van der Waals surface area (Å²) in [5.74, 6) is -0.702. The maximum absolute atomic E-state index is 15.1. The molecule has 1 amide bonds. The van der Waals surface area contributed by atoms with Crippen LogP contribution in [0.3, 0.4) is 0 Å². The Labute approximate surface area is 254 Å². The third kappa shape index (κ3) is 3.80. The molecule has 8 nitrogen and oxygen atoms in total. The number of hydrogen-bond donors (Lipinski definition) is 1. The molecule has 3 aliphatic heterocycles. The first-order valence-electron chi connectivity index (χ1n) is 14.3. The van der Waals surface area contributed by atoms with Crippen molar-refractivity contribution in [2.24, 2.45) is 5.92 Å². The summed E-state index contributed by atoms with van der Waals surface area (Å²) in [6.45, 7) is 0. The number of methoxy groups -OCH3 is 3. The number of ether oxygens (including phenoxy) is 3. The molecule has 0 unspecified atom stereocenters. The zero-order valence-electron chi connectivity index (χ0n) is 24.4. The van der Waals surface area contributed by atoms with E-state index in [4.69, 9.17) is 14.2 Å². The van der Waals surface area contributed by atoms with Gasteiger partial charge in [-0.05, 0) is 59.2 Å². The number of ketones is 2. The van der Waals surface area contributed by atoms with Gasteiger partial charge in [-0.25, -0.2) is 0 Å². The molecule has 0 bridgehead atoms. The van der Waals surface area contributed by atoms with Gasteiger partial charge in [-0.1, -0.05) is 54.6 Å². The Hall–Kier alpha value is -5.37. The van der Waals surface area contributed by atoms with Crippen molar-refractivity contribution in [1.29, 1.82) is 0 Å². The largest absolute Gasteiger partial charge is 0.497 e. The highest BCUT2D eigenvalue weighted by Crippen LogP contribution is 2.62. The first-order chi connectivity index (χ1) is 21.4. The van der Waals surface area contributed by atoms with E-state index in [2.05, 4.69) is 5.32 Å². The molecule has 0 aliphatic carbocycles. The van der Waals surface area contributed by atoms with Crippen molar-refractivity contribution in [2.75, 3.05) is 26.6 Å². The average Bonchev–Trinajstić information content (AvgIpc) is 3.55. The topological polar surface area (TPSA) is 94.2 Å². The average molecular weight is 587 g/mol. The molecule has 0 aromatic heterocycles. The highest BCUT2D eigenvalue weighted by molar-refractivity contribution is 6.16. The van der Waals surface area contributed by atoms with Crippen LogP contribution < -0.4 is 19.5 Å². The Bertz CT molecular complexity index is 1870. The van der Waals surface area contributed by atoms with Crippen LogP contribution in [0.4, 0.5) is 5.69 Å². The van der Waals surface area contributed by atoms with E-state index in [0.717, 1.165) is 11.1 Å². The Morgan fingerprint density at radius 3 is 2.32 bits per heavy atom. The first kappa shape index (κ1) is 27.5. The van der Waals surface area contributed by atoms with E-state index in [9.17, 15) is 9.59 Å². The van der Waals surface area contributed by atoms with Crippen molar-refractivity contribution in [1.82, 2.24) is 4.90 Å². The summed E-state index contributed by atoms with van der Waals surface area (Å²) in [5, 5.41) is 3.07. The molecule has 44 heavy (non-hydrogen) atoms. The molecule has 3 aliphatic rings. The molecule has 220 valence electrons. The lowest BCUT2D eigenvalue weighted by Gasteiger charge is -2.38. The van der Waals surface area contributed by atoms with Crippen molar-refractivity contribution < 1.29 is 28.6 Å². The minimum Gasteiger partial charge on any atom is -0.497 e. The molecule has 0 radical (unpaired) electrons. The van der Waals surface area contributed by atoms with Crippen LogP contribution in [0.25, 0.3) is 6.08 Å². The fourth-order valence-electron chi connectivity index (χ4n) is 7.28. The monoisotopic (exact) mass is 586 g/mol. The predicted molar refractivity (Wildman–Crippen MR) is 165 cm³/mol. The lowest BCUT2D eigenvalue weighted by Crippen LogP contribution is -2.49. The number of nitrogens with zero attached hydrogens (tertiary/aromatic N) is 1. The van der Waals surface area contributed by atoms with Gasteiger partial charge in [0.15, 0.2) is 23.1 Å². The maximum Gasteiger partial charge on any atom is 0.238 e. The molecule has 3 heterocycles. The smallest absolute Gasteiger partial charge is 0.238 e. The number of carbonyl (C=O) groups is 3. The third-order valence-electron chi connectivity index (χ3n) is 9.14. The van der Waals surface area contributed by atoms with E-state index in [1.54, 1.807) is 42.5 Å². The number of Topliss-reactive ketones (excluding diaryl/α,β-unsaturated/α-hetero) is 2. The second-order valence-corrected chi connectivity index (χ2v) is 11.1. The molecule has 0 saturated carbocycles. The van der Waals surface area contributed by atoms with Crippen LogP contribution in [-0.4, -0.2) is 49.7 Å². The Kier molecular flexibility index (Phi) is 6.50. The van der Waals surface area contributed by atoms with E-state index in [-0.39, 0.29) is 17.5 Å². The van der Waals surface area contributed by atoms with Gasteiger partial charge in [-0.15, -0.1) is 0 Å². The Morgan fingerprint density at radius 1 is 0.773 bits per heavy atom. The van der Waals surface area contributed by atoms with E-state index in [0.29, 0.717) is 39.6 Å². The van der Waals surface area contributed by atoms with Crippen LogP contribution in [0, 0.1) is 5.92 Å². The number of hydrogen-bond acceptors (Lipinski definition) is 7. The second kappa shape index (κ2) is 10.4. The lowest BCUT2D eigenvalue weighted by molar-refractivity contribution is -0.122. The number of fused-ring (bicyclic) bond motifs is 6. The summed E-state index contributed by atoms with van der Waals surface area (Å²) >= 11 is 0. The van der Waals surface area contributed by atoms with Gasteiger partial charge in [0.1, 0.15) is 17.2 Å². The van der Waals surface area contributed by atoms with Crippen molar-refractivity contribution in [3.05, 3.63) is 125 Å². The fourth-order valence-corrected chi connectivity index (χ4v) is 7.28. The summed E-state index contributed by atoms with van der Waals surface area (Å²) < 4.78 is 16.4. The summed E-state index contributed by atoms with van der Waals surface area (Å²) in [5.41, 5.74) is 2.37. The van der Waals surface area contributed by atoms with Crippen molar-refractivity contribution in [3.63, 3.8) is 0 Å². The SMILES string of the molecule is COc1cccc(C(=O)[C@@H]2[C@@H](C(=O)c3ccc(OC)c(OC)c3)[C@@]3(C(=O)Nc4ccccc43)[C@H]3c4ccccc4C=CN23)c1. The number of para-hydroxylation sites is 1. The van der Waals surface area contributed by atoms with Crippen LogP contribution in [0.1, 0.15) is 43.4 Å². The zero-order chi connectivity index (χ0) is 30.6. The summed E-state index contributed by atoms with van der Waals surface area (Å²) in [6, 6.07) is 25.4. The van der Waals surface area contributed by atoms with Gasteiger partial charge in [0.2, 0.25) is 5.91 Å². The van der Waals surface area contributed by atoms with E-state index in [1.807, 2.05) is 65.7 Å². The lowest BCUT2D eigenvalue weighted by atomic mass is 9.62. The Morgan fingerprint density at radius 2 is 1.52 bits per heavy atom. The highest BCUT2D eigenvalue weighted by Gasteiger charge is 2.70. The van der Waals surface area contributed by atoms with Gasteiger partial charge in [0.05, 0.1) is 33.3 Å². The van der Waals surface area contributed by atoms with E-state index in [1.165, 1.54) is 21.3 Å². The van der Waals surface area contributed by atoms with Crippen LogP contribution in [0.15, 0.2) is 97.2 Å². The standard InChI is InChI=1S/C36H30N2O6/c1-42-24-11-8-10-22(19-24)33(40)31-30(32(39)23-15-16-28(43-2)29(20-23)44-3)36(26-13-6-7-14-27(26)37-35(36)41)34-25-12-5-4-9-21(25)17-18-38(31)34/h4-20,30-31,34H,1-3H3,(H,37,41)/t30-,31-,34+,36+/m0/s1. The van der Waals surface area contributed by atoms with Crippen molar-refractivity contribution >= 4 is 29.2 Å². The zero-order valence-corrected chi connectivity index (χ0v) is 24.4. The summed E-state index contributed by atoms with van der Waals surface area (Å²) in [6.07, 6.45) is 3.79. The highest BCUT2D eigenvalue weighted by atomic mass is 16.5. The minimum absolute atomic E-state index is 0.286. The Balaban J connectivity index is 1.52. The number of benzene rings is 4. The second-order valence-electron chi connectivity index (χ2n) is 11.1. The molecule has 1 saturated heterocycles. The normalized spacial score (nSPS) is 22.6. The fraction of sp³-hybridized carbons (Fsp3) is 0.194. The number of amides is 1. The number of anilines is 1. The molecule has 1 spiro atoms. The molecule has 4 aromatic carbocycles. The molecule has 4 aromatic rings. The van der Waals surface area contributed by atoms with E-state index >= 15 is 4.79 Å². The van der Waals surface area contributed by atoms with Gasteiger partial charge < -0.3 is 24.4 Å². The van der Waals surface area contributed by atoms with Gasteiger partial charge in [0.25, 0.3) is 0 Å². The minimum atomic E-state index is -1.43. The number of nitrogens with one attached hydrogen (secondary N) is 1. The molecule has 8 heteroatoms. The summed E-state index contributed by atoms with van der Waals surface area (Å²) in [4.78, 5) is 46.3. The van der Waals surface area contributed by atoms with Crippen LogP contribution in [0.2, 0.25) is 0 Å². The van der Waals surface area contributed by atoms with Gasteiger partial charge in [-0.3, -0.25) is 14.4 Å². The van der Waals surface area contributed by atoms with Gasteiger partial charge in [0, 0.05) is 23.0 Å². The molecular weight excluding hydrogens is 556 g/mol.